The third-order valence-corrected chi connectivity index (χ3v) is 8.98. The first-order valence-corrected chi connectivity index (χ1v) is 15.0. The number of halogens is 3. The molecule has 1 aliphatic carbocycles. The number of aromatic nitrogens is 4. The average molecular weight is 609 g/mol. The van der Waals surface area contributed by atoms with Crippen LogP contribution in [0.3, 0.4) is 0 Å². The van der Waals surface area contributed by atoms with E-state index in [-0.39, 0.29) is 47.8 Å². The topological polar surface area (TPSA) is 121 Å². The average Bonchev–Trinajstić information content (AvgIpc) is 3.51. The lowest BCUT2D eigenvalue weighted by Gasteiger charge is -2.34. The molecule has 1 aromatic carbocycles. The third kappa shape index (κ3) is 5.88. The van der Waals surface area contributed by atoms with Crippen molar-refractivity contribution >= 4 is 17.5 Å². The molecule has 0 unspecified atom stereocenters. The summed E-state index contributed by atoms with van der Waals surface area (Å²) in [4.78, 5) is 19.8. The number of benzene rings is 1. The van der Waals surface area contributed by atoms with Gasteiger partial charge in [-0.3, -0.25) is 9.69 Å². The van der Waals surface area contributed by atoms with Crippen LogP contribution in [0.15, 0.2) is 30.6 Å². The molecule has 4 heterocycles. The Morgan fingerprint density at radius 3 is 2.59 bits per heavy atom. The molecule has 3 aliphatic rings. The first-order valence-electron chi connectivity index (χ1n) is 15.0. The van der Waals surface area contributed by atoms with E-state index < -0.39 is 17.6 Å². The van der Waals surface area contributed by atoms with E-state index in [4.69, 9.17) is 10.00 Å². The summed E-state index contributed by atoms with van der Waals surface area (Å²) in [5.41, 5.74) is 0.383. The maximum absolute atomic E-state index is 14.4. The van der Waals surface area contributed by atoms with Gasteiger partial charge in [0.15, 0.2) is 0 Å². The van der Waals surface area contributed by atoms with Gasteiger partial charge in [-0.1, -0.05) is 6.42 Å². The van der Waals surface area contributed by atoms with Crippen LogP contribution in [0.4, 0.5) is 24.8 Å². The van der Waals surface area contributed by atoms with Crippen LogP contribution in [0.1, 0.15) is 83.0 Å². The van der Waals surface area contributed by atoms with Gasteiger partial charge in [0.25, 0.3) is 5.91 Å². The summed E-state index contributed by atoms with van der Waals surface area (Å²) in [6.45, 7) is 3.63. The second kappa shape index (κ2) is 12.2. The Morgan fingerprint density at radius 2 is 1.98 bits per heavy atom. The Bertz CT molecular complexity index is 1570. The molecule has 0 bridgehead atoms. The van der Waals surface area contributed by atoms with Crippen LogP contribution in [0.25, 0.3) is 0 Å². The number of nitrogens with zero attached hydrogens (tertiary/aromatic N) is 6. The third-order valence-electron chi connectivity index (χ3n) is 8.98. The van der Waals surface area contributed by atoms with Crippen molar-refractivity contribution in [3.8, 4) is 6.07 Å². The van der Waals surface area contributed by atoms with Crippen LogP contribution in [0.5, 0.6) is 0 Å². The molecule has 2 atom stereocenters. The quantitative estimate of drug-likeness (QED) is 0.294. The number of carbonyl (C=O) groups is 1. The molecule has 0 spiro atoms. The molecular formula is C31H35F3N8O2. The highest BCUT2D eigenvalue weighted by Crippen LogP contribution is 2.42. The van der Waals surface area contributed by atoms with Crippen molar-refractivity contribution in [2.24, 2.45) is 18.9 Å². The first-order chi connectivity index (χ1) is 21.1. The Kier molecular flexibility index (Phi) is 8.30. The van der Waals surface area contributed by atoms with Crippen molar-refractivity contribution in [1.82, 2.24) is 25.1 Å². The molecule has 1 amide bonds. The van der Waals surface area contributed by atoms with Crippen molar-refractivity contribution in [3.05, 3.63) is 64.2 Å². The van der Waals surface area contributed by atoms with E-state index in [1.807, 2.05) is 24.6 Å². The molecular weight excluding hydrogens is 573 g/mol. The molecule has 0 radical (unpaired) electrons. The molecule has 2 aliphatic heterocycles. The number of amides is 1. The number of rotatable bonds is 11. The highest BCUT2D eigenvalue weighted by molar-refractivity contribution is 6.10. The van der Waals surface area contributed by atoms with E-state index in [2.05, 4.69) is 31.9 Å². The van der Waals surface area contributed by atoms with Crippen LogP contribution in [-0.4, -0.2) is 52.0 Å². The van der Waals surface area contributed by atoms with Crippen LogP contribution < -0.4 is 15.5 Å². The smallest absolute Gasteiger partial charge is 0.381 e. The van der Waals surface area contributed by atoms with Gasteiger partial charge in [-0.05, 0) is 73.2 Å². The Labute approximate surface area is 253 Å². The highest BCUT2D eigenvalue weighted by Gasteiger charge is 2.42. The second-order valence-electron chi connectivity index (χ2n) is 12.0. The molecule has 1 saturated heterocycles. The Balaban J connectivity index is 1.38. The summed E-state index contributed by atoms with van der Waals surface area (Å²) in [6, 6.07) is 8.08. The van der Waals surface area contributed by atoms with Gasteiger partial charge in [-0.25, -0.2) is 4.98 Å². The number of fused-ring (bicyclic) bond motifs is 1. The van der Waals surface area contributed by atoms with E-state index in [1.54, 1.807) is 18.5 Å². The first kappa shape index (κ1) is 30.0. The molecule has 13 heteroatoms. The molecule has 10 nitrogen and oxygen atoms in total. The largest absolute Gasteiger partial charge is 0.416 e. The van der Waals surface area contributed by atoms with Crippen molar-refractivity contribution in [3.63, 3.8) is 0 Å². The molecule has 2 N–H and O–H groups in total. The van der Waals surface area contributed by atoms with Gasteiger partial charge in [0, 0.05) is 31.1 Å². The van der Waals surface area contributed by atoms with Gasteiger partial charge in [-0.2, -0.15) is 18.4 Å². The van der Waals surface area contributed by atoms with Gasteiger partial charge >= 0.3 is 6.18 Å². The fourth-order valence-corrected chi connectivity index (χ4v) is 6.12. The zero-order chi connectivity index (χ0) is 31.0. The van der Waals surface area contributed by atoms with Gasteiger partial charge < -0.3 is 19.9 Å². The minimum absolute atomic E-state index is 0.0376. The molecule has 1 saturated carbocycles. The number of alkyl halides is 3. The highest BCUT2D eigenvalue weighted by atomic mass is 19.4. The molecule has 6 rings (SSSR count). The maximum atomic E-state index is 14.4. The fourth-order valence-electron chi connectivity index (χ4n) is 6.12. The minimum Gasteiger partial charge on any atom is -0.381 e. The molecule has 2 aromatic heterocycles. The van der Waals surface area contributed by atoms with E-state index in [0.717, 1.165) is 24.9 Å². The zero-order valence-corrected chi connectivity index (χ0v) is 24.7. The Hall–Kier alpha value is -4.02. The number of aryl methyl sites for hydroxylation is 1. The normalized spacial score (nSPS) is 18.4. The predicted molar refractivity (Wildman–Crippen MR) is 156 cm³/mol. The second-order valence-corrected chi connectivity index (χ2v) is 12.0. The lowest BCUT2D eigenvalue weighted by Crippen LogP contribution is -2.35. The standard InChI is InChI=1S/C31H35F3N8O2/c1-18(37-13-19-5-3-6-19)20-9-23-24(25(10-20)31(32,33)34)14-42(30(23)43)27-12-21(11-26(39-27)36-8-4-7-35)28(22-15-44-16-22)29-40-38-17-41(29)2/h9-12,17-19,22,28,37H,3-6,8,13-16H2,1-2H3,(H,36,39)/t18-,28+/m0/s1. The summed E-state index contributed by atoms with van der Waals surface area (Å²) >= 11 is 0. The number of nitriles is 1. The molecule has 232 valence electrons. The summed E-state index contributed by atoms with van der Waals surface area (Å²) in [6.07, 6.45) is 0.620. The van der Waals surface area contributed by atoms with Crippen LogP contribution in [0.2, 0.25) is 0 Å². The van der Waals surface area contributed by atoms with Gasteiger partial charge in [0.05, 0.1) is 43.7 Å². The van der Waals surface area contributed by atoms with Crippen LogP contribution in [0, 0.1) is 23.2 Å². The molecule has 3 aromatic rings. The lowest BCUT2D eigenvalue weighted by molar-refractivity contribution is -0.138. The lowest BCUT2D eigenvalue weighted by atomic mass is 9.84. The molecule has 44 heavy (non-hydrogen) atoms. The van der Waals surface area contributed by atoms with E-state index in [1.165, 1.54) is 17.4 Å². The van der Waals surface area contributed by atoms with Crippen LogP contribution >= 0.6 is 0 Å². The summed E-state index contributed by atoms with van der Waals surface area (Å²) < 4.78 is 50.6. The summed E-state index contributed by atoms with van der Waals surface area (Å²) in [5, 5.41) is 23.9. The fraction of sp³-hybridized carbons (Fsp3) is 0.516. The summed E-state index contributed by atoms with van der Waals surface area (Å²) in [7, 11) is 1.84. The number of hydrogen-bond acceptors (Lipinski definition) is 8. The van der Waals surface area contributed by atoms with Crippen molar-refractivity contribution in [2.75, 3.05) is 36.5 Å². The SMILES string of the molecule is C[C@H](NCC1CCC1)c1cc2c(c(C(F)(F)F)c1)CN(c1cc([C@@H](c3nncn3C)C3COC3)cc(NCCC#N)n1)C2=O. The van der Waals surface area contributed by atoms with Crippen LogP contribution in [-0.2, 0) is 24.5 Å². The van der Waals surface area contributed by atoms with Gasteiger partial charge in [-0.15, -0.1) is 10.2 Å². The monoisotopic (exact) mass is 608 g/mol. The maximum Gasteiger partial charge on any atom is 0.416 e. The Morgan fingerprint density at radius 1 is 1.18 bits per heavy atom. The van der Waals surface area contributed by atoms with Crippen molar-refractivity contribution < 1.29 is 22.7 Å². The van der Waals surface area contributed by atoms with Gasteiger partial charge in [0.1, 0.15) is 23.8 Å². The number of pyridine rings is 1. The predicted octanol–water partition coefficient (Wildman–Crippen LogP) is 4.94. The number of hydrogen-bond donors (Lipinski definition) is 2. The van der Waals surface area contributed by atoms with Crippen molar-refractivity contribution in [2.45, 2.75) is 57.3 Å². The number of ether oxygens (including phenoxy) is 1. The van der Waals surface area contributed by atoms with E-state index in [9.17, 15) is 18.0 Å². The van der Waals surface area contributed by atoms with Gasteiger partial charge in [0.2, 0.25) is 0 Å². The molecule has 2 fully saturated rings. The number of nitrogens with one attached hydrogen (secondary N) is 2. The van der Waals surface area contributed by atoms with Crippen molar-refractivity contribution in [1.29, 1.82) is 5.26 Å². The minimum atomic E-state index is -4.64. The van der Waals surface area contributed by atoms with E-state index in [0.29, 0.717) is 42.9 Å². The summed E-state index contributed by atoms with van der Waals surface area (Å²) in [5.74, 6) is 1.16. The number of carbonyl (C=O) groups excluding carboxylic acids is 1. The zero-order valence-electron chi connectivity index (χ0n) is 24.7. The number of anilines is 2. The van der Waals surface area contributed by atoms with E-state index >= 15 is 0 Å².